The van der Waals surface area contributed by atoms with Gasteiger partial charge in [-0.05, 0) is 42.9 Å². The number of hydrogen-bond donors (Lipinski definition) is 1. The van der Waals surface area contributed by atoms with Crippen LogP contribution in [0.3, 0.4) is 0 Å². The molecule has 3 rings (SSSR count). The van der Waals surface area contributed by atoms with Crippen molar-refractivity contribution in [3.63, 3.8) is 0 Å². The second-order valence-corrected chi connectivity index (χ2v) is 7.07. The number of nitrogens with zero attached hydrogens (tertiary/aromatic N) is 1. The number of nitrogens with one attached hydrogen (secondary N) is 1. The van der Waals surface area contributed by atoms with E-state index < -0.39 is 0 Å². The first-order valence-corrected chi connectivity index (χ1v) is 8.89. The van der Waals surface area contributed by atoms with Gasteiger partial charge in [0.2, 0.25) is 0 Å². The maximum absolute atomic E-state index is 5.95. The highest BCUT2D eigenvalue weighted by atomic mass is 35.5. The highest BCUT2D eigenvalue weighted by molar-refractivity contribution is 6.30. The van der Waals surface area contributed by atoms with E-state index >= 15 is 0 Å². The van der Waals surface area contributed by atoms with Gasteiger partial charge in [0.15, 0.2) is 0 Å². The molecule has 2 nitrogen and oxygen atoms in total. The Morgan fingerprint density at radius 2 is 1.86 bits per heavy atom. The number of hydrogen-bond acceptors (Lipinski definition) is 2. The predicted molar refractivity (Wildman–Crippen MR) is 90.0 cm³/mol. The Morgan fingerprint density at radius 1 is 1.10 bits per heavy atom. The average Bonchev–Trinajstić information content (AvgIpc) is 2.55. The molecule has 1 atom stereocenters. The summed E-state index contributed by atoms with van der Waals surface area (Å²) < 4.78 is 0. The summed E-state index contributed by atoms with van der Waals surface area (Å²) in [4.78, 5) is 2.64. The molecule has 1 N–H and O–H groups in total. The van der Waals surface area contributed by atoms with Gasteiger partial charge in [0.25, 0.3) is 0 Å². The lowest BCUT2D eigenvalue weighted by atomic mass is 9.83. The highest BCUT2D eigenvalue weighted by Crippen LogP contribution is 2.27. The van der Waals surface area contributed by atoms with Crippen LogP contribution in [-0.2, 0) is 6.42 Å². The second kappa shape index (κ2) is 7.62. The number of benzene rings is 1. The standard InChI is InChI=1S/C18H27ClN2/c19-17-8-6-15(7-9-17)10-12-21-13-11-20-18(14-21)16-4-2-1-3-5-16/h6-9,16,18,20H,1-5,10-14H2. The first kappa shape index (κ1) is 15.3. The summed E-state index contributed by atoms with van der Waals surface area (Å²) in [6, 6.07) is 9.04. The summed E-state index contributed by atoms with van der Waals surface area (Å²) in [6.07, 6.45) is 8.32. The molecule has 1 saturated heterocycles. The van der Waals surface area contributed by atoms with Crippen molar-refractivity contribution in [1.29, 1.82) is 0 Å². The van der Waals surface area contributed by atoms with Crippen LogP contribution in [0, 0.1) is 5.92 Å². The summed E-state index contributed by atoms with van der Waals surface area (Å²) in [5.74, 6) is 0.914. The lowest BCUT2D eigenvalue weighted by Gasteiger charge is -2.39. The third kappa shape index (κ3) is 4.45. The maximum Gasteiger partial charge on any atom is 0.0406 e. The minimum atomic E-state index is 0.726. The van der Waals surface area contributed by atoms with Crippen molar-refractivity contribution in [2.24, 2.45) is 5.92 Å². The normalized spacial score (nSPS) is 25.1. The lowest BCUT2D eigenvalue weighted by Crippen LogP contribution is -2.54. The Kier molecular flexibility index (Phi) is 5.56. The smallest absolute Gasteiger partial charge is 0.0406 e. The monoisotopic (exact) mass is 306 g/mol. The summed E-state index contributed by atoms with van der Waals surface area (Å²) in [5.41, 5.74) is 1.40. The largest absolute Gasteiger partial charge is 0.311 e. The quantitative estimate of drug-likeness (QED) is 0.911. The van der Waals surface area contributed by atoms with Crippen LogP contribution in [0.5, 0.6) is 0 Å². The maximum atomic E-state index is 5.95. The van der Waals surface area contributed by atoms with Crippen molar-refractivity contribution in [1.82, 2.24) is 10.2 Å². The van der Waals surface area contributed by atoms with Gasteiger partial charge in [-0.3, -0.25) is 0 Å². The summed E-state index contributed by atoms with van der Waals surface area (Å²) in [6.45, 7) is 4.75. The van der Waals surface area contributed by atoms with Crippen LogP contribution in [0.25, 0.3) is 0 Å². The predicted octanol–water partition coefficient (Wildman–Crippen LogP) is 3.74. The minimum Gasteiger partial charge on any atom is -0.311 e. The highest BCUT2D eigenvalue weighted by Gasteiger charge is 2.27. The van der Waals surface area contributed by atoms with Crippen LogP contribution in [-0.4, -0.2) is 37.1 Å². The van der Waals surface area contributed by atoms with Crippen molar-refractivity contribution < 1.29 is 0 Å². The SMILES string of the molecule is Clc1ccc(CCN2CCNC(C3CCCCC3)C2)cc1. The van der Waals surface area contributed by atoms with Gasteiger partial charge in [-0.25, -0.2) is 0 Å². The van der Waals surface area contributed by atoms with Crippen molar-refractivity contribution in [3.8, 4) is 0 Å². The first-order chi connectivity index (χ1) is 10.3. The molecule has 1 saturated carbocycles. The molecule has 0 radical (unpaired) electrons. The van der Waals surface area contributed by atoms with Gasteiger partial charge in [-0.2, -0.15) is 0 Å². The summed E-state index contributed by atoms with van der Waals surface area (Å²) in [7, 11) is 0. The molecule has 3 heteroatoms. The Balaban J connectivity index is 1.48. The average molecular weight is 307 g/mol. The molecule has 1 unspecified atom stereocenters. The van der Waals surface area contributed by atoms with Crippen LogP contribution in [0.2, 0.25) is 5.02 Å². The van der Waals surface area contributed by atoms with Crippen molar-refractivity contribution >= 4 is 11.6 Å². The van der Waals surface area contributed by atoms with Crippen LogP contribution in [0.1, 0.15) is 37.7 Å². The van der Waals surface area contributed by atoms with E-state index in [0.717, 1.165) is 29.9 Å². The fourth-order valence-electron chi connectivity index (χ4n) is 3.84. The van der Waals surface area contributed by atoms with E-state index in [-0.39, 0.29) is 0 Å². The van der Waals surface area contributed by atoms with E-state index in [1.54, 1.807) is 0 Å². The topological polar surface area (TPSA) is 15.3 Å². The van der Waals surface area contributed by atoms with Gasteiger partial charge in [-0.1, -0.05) is 43.0 Å². The number of rotatable bonds is 4. The fourth-order valence-corrected chi connectivity index (χ4v) is 3.96. The fraction of sp³-hybridized carbons (Fsp3) is 0.667. The van der Waals surface area contributed by atoms with E-state index in [4.69, 9.17) is 11.6 Å². The first-order valence-electron chi connectivity index (χ1n) is 8.51. The zero-order chi connectivity index (χ0) is 14.5. The molecule has 1 aliphatic carbocycles. The molecule has 116 valence electrons. The zero-order valence-corrected chi connectivity index (χ0v) is 13.6. The molecule has 1 aliphatic heterocycles. The van der Waals surface area contributed by atoms with Crippen molar-refractivity contribution in [3.05, 3.63) is 34.9 Å². The van der Waals surface area contributed by atoms with Crippen LogP contribution in [0.15, 0.2) is 24.3 Å². The van der Waals surface area contributed by atoms with Gasteiger partial charge in [0.1, 0.15) is 0 Å². The summed E-state index contributed by atoms with van der Waals surface area (Å²) in [5, 5.41) is 4.60. The van der Waals surface area contributed by atoms with E-state index in [9.17, 15) is 0 Å². The van der Waals surface area contributed by atoms with E-state index in [1.807, 2.05) is 12.1 Å². The van der Waals surface area contributed by atoms with Gasteiger partial charge in [0.05, 0.1) is 0 Å². The summed E-state index contributed by atoms with van der Waals surface area (Å²) >= 11 is 5.95. The van der Waals surface area contributed by atoms with E-state index in [1.165, 1.54) is 57.3 Å². The van der Waals surface area contributed by atoms with Crippen LogP contribution in [0.4, 0.5) is 0 Å². The molecule has 1 heterocycles. The molecule has 1 aromatic carbocycles. The van der Waals surface area contributed by atoms with Crippen LogP contribution >= 0.6 is 11.6 Å². The van der Waals surface area contributed by atoms with Gasteiger partial charge >= 0.3 is 0 Å². The van der Waals surface area contributed by atoms with Gasteiger partial charge in [-0.15, -0.1) is 0 Å². The third-order valence-corrected chi connectivity index (χ3v) is 5.39. The zero-order valence-electron chi connectivity index (χ0n) is 12.9. The van der Waals surface area contributed by atoms with E-state index in [2.05, 4.69) is 22.3 Å². The molecule has 0 amide bonds. The van der Waals surface area contributed by atoms with Crippen molar-refractivity contribution in [2.45, 2.75) is 44.6 Å². The minimum absolute atomic E-state index is 0.726. The molecular formula is C18H27ClN2. The molecule has 2 aliphatic rings. The molecule has 21 heavy (non-hydrogen) atoms. The van der Waals surface area contributed by atoms with Gasteiger partial charge in [0, 0.05) is 37.2 Å². The molecular weight excluding hydrogens is 280 g/mol. The molecule has 0 bridgehead atoms. The Hall–Kier alpha value is -0.570. The molecule has 2 fully saturated rings. The van der Waals surface area contributed by atoms with Crippen LogP contribution < -0.4 is 5.32 Å². The lowest BCUT2D eigenvalue weighted by molar-refractivity contribution is 0.147. The van der Waals surface area contributed by atoms with Gasteiger partial charge < -0.3 is 10.2 Å². The van der Waals surface area contributed by atoms with E-state index in [0.29, 0.717) is 0 Å². The molecule has 0 spiro atoms. The Bertz CT molecular complexity index is 425. The molecule has 0 aromatic heterocycles. The second-order valence-electron chi connectivity index (χ2n) is 6.64. The Labute approximate surface area is 133 Å². The Morgan fingerprint density at radius 3 is 2.62 bits per heavy atom. The number of halogens is 1. The number of piperazine rings is 1. The third-order valence-electron chi connectivity index (χ3n) is 5.14. The van der Waals surface area contributed by atoms with Crippen molar-refractivity contribution in [2.75, 3.05) is 26.2 Å². The molecule has 1 aromatic rings.